The fraction of sp³-hybridized carbons (Fsp3) is 0.647. The molecule has 0 amide bonds. The van der Waals surface area contributed by atoms with Gasteiger partial charge in [-0.2, -0.15) is 0 Å². The zero-order valence-electron chi connectivity index (χ0n) is 13.0. The molecule has 112 valence electrons. The highest BCUT2D eigenvalue weighted by Crippen LogP contribution is 2.32. The summed E-state index contributed by atoms with van der Waals surface area (Å²) < 4.78 is 5.17. The number of ether oxygens (including phenoxy) is 1. The van der Waals surface area contributed by atoms with Gasteiger partial charge in [0.1, 0.15) is 0 Å². The number of fused-ring (bicyclic) bond motifs is 1. The lowest BCUT2D eigenvalue weighted by molar-refractivity contribution is 0.151. The number of methoxy groups -OCH3 is 1. The molecule has 0 aromatic heterocycles. The molecule has 0 spiro atoms. The highest BCUT2D eigenvalue weighted by molar-refractivity contribution is 5.57. The van der Waals surface area contributed by atoms with E-state index in [4.69, 9.17) is 4.74 Å². The minimum atomic E-state index is 0.307. The molecule has 0 saturated heterocycles. The van der Waals surface area contributed by atoms with Crippen LogP contribution in [0.2, 0.25) is 0 Å². The second kappa shape index (κ2) is 7.09. The van der Waals surface area contributed by atoms with Crippen molar-refractivity contribution < 1.29 is 4.74 Å². The van der Waals surface area contributed by atoms with E-state index < -0.39 is 0 Å². The number of benzene rings is 1. The molecular weight excluding hydrogens is 248 g/mol. The van der Waals surface area contributed by atoms with Crippen LogP contribution in [0.1, 0.15) is 38.2 Å². The van der Waals surface area contributed by atoms with Crippen molar-refractivity contribution in [1.29, 1.82) is 0 Å². The Kier molecular flexibility index (Phi) is 5.44. The summed E-state index contributed by atoms with van der Waals surface area (Å²) in [4.78, 5) is 0. The molecule has 20 heavy (non-hydrogen) atoms. The number of hydrogen-bond acceptors (Lipinski definition) is 3. The van der Waals surface area contributed by atoms with E-state index in [0.717, 1.165) is 32.7 Å². The number of nitrogens with one attached hydrogen (secondary N) is 2. The predicted molar refractivity (Wildman–Crippen MR) is 85.4 cm³/mol. The summed E-state index contributed by atoms with van der Waals surface area (Å²) in [5, 5.41) is 7.10. The van der Waals surface area contributed by atoms with Gasteiger partial charge < -0.3 is 15.4 Å². The van der Waals surface area contributed by atoms with Gasteiger partial charge in [-0.3, -0.25) is 0 Å². The Labute approximate surface area is 123 Å². The van der Waals surface area contributed by atoms with Crippen LogP contribution in [0.3, 0.4) is 0 Å². The van der Waals surface area contributed by atoms with E-state index in [9.17, 15) is 0 Å². The van der Waals surface area contributed by atoms with Crippen molar-refractivity contribution >= 4 is 5.69 Å². The van der Waals surface area contributed by atoms with Crippen molar-refractivity contribution in [1.82, 2.24) is 5.32 Å². The maximum absolute atomic E-state index is 5.17. The average molecular weight is 276 g/mol. The summed E-state index contributed by atoms with van der Waals surface area (Å²) in [6.45, 7) is 8.65. The second-order valence-corrected chi connectivity index (χ2v) is 6.54. The van der Waals surface area contributed by atoms with Crippen LogP contribution in [-0.4, -0.2) is 33.4 Å². The van der Waals surface area contributed by atoms with Gasteiger partial charge >= 0.3 is 0 Å². The minimum absolute atomic E-state index is 0.307. The Hall–Kier alpha value is -1.06. The molecule has 1 atom stereocenters. The fourth-order valence-electron chi connectivity index (χ4n) is 2.78. The zero-order chi connectivity index (χ0) is 14.4. The van der Waals surface area contributed by atoms with Gasteiger partial charge in [0.15, 0.2) is 0 Å². The summed E-state index contributed by atoms with van der Waals surface area (Å²) >= 11 is 0. The molecule has 0 fully saturated rings. The lowest BCUT2D eigenvalue weighted by Crippen LogP contribution is -2.31. The van der Waals surface area contributed by atoms with Gasteiger partial charge in [0, 0.05) is 38.4 Å². The van der Waals surface area contributed by atoms with Crippen molar-refractivity contribution in [3.05, 3.63) is 29.8 Å². The Bertz CT molecular complexity index is 417. The SMILES string of the molecule is COCCC(C)(C)CNCCC1CNc2ccccc21. The van der Waals surface area contributed by atoms with Gasteiger partial charge in [-0.25, -0.2) is 0 Å². The molecule has 2 rings (SSSR count). The molecular formula is C17H28N2O. The van der Waals surface area contributed by atoms with E-state index in [1.54, 1.807) is 7.11 Å². The maximum atomic E-state index is 5.17. The van der Waals surface area contributed by atoms with Gasteiger partial charge in [-0.15, -0.1) is 0 Å². The Morgan fingerprint density at radius 3 is 2.95 bits per heavy atom. The third kappa shape index (κ3) is 4.22. The van der Waals surface area contributed by atoms with Crippen LogP contribution in [-0.2, 0) is 4.74 Å². The highest BCUT2D eigenvalue weighted by atomic mass is 16.5. The molecule has 1 aromatic rings. The molecule has 0 aliphatic carbocycles. The topological polar surface area (TPSA) is 33.3 Å². The van der Waals surface area contributed by atoms with Gasteiger partial charge in [-0.1, -0.05) is 32.0 Å². The van der Waals surface area contributed by atoms with E-state index in [0.29, 0.717) is 11.3 Å². The fourth-order valence-corrected chi connectivity index (χ4v) is 2.78. The van der Waals surface area contributed by atoms with Gasteiger partial charge in [0.25, 0.3) is 0 Å². The molecule has 3 nitrogen and oxygen atoms in total. The number of para-hydroxylation sites is 1. The summed E-state index contributed by atoms with van der Waals surface area (Å²) in [6, 6.07) is 8.67. The van der Waals surface area contributed by atoms with Crippen LogP contribution < -0.4 is 10.6 Å². The molecule has 1 unspecified atom stereocenters. The van der Waals surface area contributed by atoms with E-state index in [1.165, 1.54) is 17.7 Å². The predicted octanol–water partition coefficient (Wildman–Crippen LogP) is 3.24. The summed E-state index contributed by atoms with van der Waals surface area (Å²) in [5.74, 6) is 0.654. The lowest BCUT2D eigenvalue weighted by atomic mass is 9.89. The molecule has 1 aliphatic heterocycles. The Balaban J connectivity index is 1.70. The molecule has 1 heterocycles. The van der Waals surface area contributed by atoms with E-state index >= 15 is 0 Å². The third-order valence-corrected chi connectivity index (χ3v) is 4.20. The van der Waals surface area contributed by atoms with Crippen molar-refractivity contribution in [2.24, 2.45) is 5.41 Å². The van der Waals surface area contributed by atoms with Crippen molar-refractivity contribution in [3.8, 4) is 0 Å². The molecule has 1 aliphatic rings. The van der Waals surface area contributed by atoms with E-state index in [2.05, 4.69) is 48.7 Å². The first-order valence-electron chi connectivity index (χ1n) is 7.65. The van der Waals surface area contributed by atoms with Crippen LogP contribution >= 0.6 is 0 Å². The van der Waals surface area contributed by atoms with Gasteiger partial charge in [-0.05, 0) is 36.4 Å². The van der Waals surface area contributed by atoms with Crippen molar-refractivity contribution in [3.63, 3.8) is 0 Å². The summed E-state index contributed by atoms with van der Waals surface area (Å²) in [7, 11) is 1.77. The monoisotopic (exact) mass is 276 g/mol. The molecule has 0 saturated carbocycles. The maximum Gasteiger partial charge on any atom is 0.0467 e. The lowest BCUT2D eigenvalue weighted by Gasteiger charge is -2.25. The smallest absolute Gasteiger partial charge is 0.0467 e. The molecule has 3 heteroatoms. The Morgan fingerprint density at radius 2 is 2.15 bits per heavy atom. The second-order valence-electron chi connectivity index (χ2n) is 6.54. The van der Waals surface area contributed by atoms with Crippen molar-refractivity contribution in [2.75, 3.05) is 38.7 Å². The van der Waals surface area contributed by atoms with Crippen LogP contribution in [0.25, 0.3) is 0 Å². The molecule has 1 aromatic carbocycles. The first-order chi connectivity index (χ1) is 9.62. The normalized spacial score (nSPS) is 17.9. The number of anilines is 1. The van der Waals surface area contributed by atoms with Crippen LogP contribution in [0.15, 0.2) is 24.3 Å². The molecule has 2 N–H and O–H groups in total. The van der Waals surface area contributed by atoms with Crippen LogP contribution in [0, 0.1) is 5.41 Å². The zero-order valence-corrected chi connectivity index (χ0v) is 13.0. The highest BCUT2D eigenvalue weighted by Gasteiger charge is 2.21. The summed E-state index contributed by atoms with van der Waals surface area (Å²) in [6.07, 6.45) is 2.30. The van der Waals surface area contributed by atoms with Gasteiger partial charge in [0.2, 0.25) is 0 Å². The number of rotatable bonds is 8. The van der Waals surface area contributed by atoms with E-state index in [-0.39, 0.29) is 0 Å². The molecule has 0 bridgehead atoms. The minimum Gasteiger partial charge on any atom is -0.385 e. The first kappa shape index (κ1) is 15.3. The largest absolute Gasteiger partial charge is 0.385 e. The van der Waals surface area contributed by atoms with E-state index in [1.807, 2.05) is 0 Å². The molecule has 0 radical (unpaired) electrons. The Morgan fingerprint density at radius 1 is 1.35 bits per heavy atom. The summed E-state index contributed by atoms with van der Waals surface area (Å²) in [5.41, 5.74) is 3.10. The quantitative estimate of drug-likeness (QED) is 0.715. The third-order valence-electron chi connectivity index (χ3n) is 4.20. The van der Waals surface area contributed by atoms with Crippen molar-refractivity contribution in [2.45, 2.75) is 32.6 Å². The van der Waals surface area contributed by atoms with Crippen LogP contribution in [0.4, 0.5) is 5.69 Å². The van der Waals surface area contributed by atoms with Crippen LogP contribution in [0.5, 0.6) is 0 Å². The van der Waals surface area contributed by atoms with Gasteiger partial charge in [0.05, 0.1) is 0 Å². The standard InChI is InChI=1S/C17H28N2O/c1-17(2,9-11-20-3)13-18-10-8-14-12-19-16-7-5-4-6-15(14)16/h4-7,14,18-19H,8-13H2,1-3H3. The average Bonchev–Trinajstić information content (AvgIpc) is 2.85. The first-order valence-corrected chi connectivity index (χ1v) is 7.65. The number of hydrogen-bond donors (Lipinski definition) is 2.